The lowest BCUT2D eigenvalue weighted by Gasteiger charge is -2.29. The Morgan fingerprint density at radius 2 is 1.87 bits per heavy atom. The minimum Gasteiger partial charge on any atom is -0.491 e. The van der Waals surface area contributed by atoms with Crippen LogP contribution in [0.5, 0.6) is 5.75 Å². The van der Waals surface area contributed by atoms with Gasteiger partial charge >= 0.3 is 6.18 Å². The molecule has 0 saturated carbocycles. The summed E-state index contributed by atoms with van der Waals surface area (Å²) in [6.45, 7) is 1.13. The number of nitrogens with zero attached hydrogens (tertiary/aromatic N) is 1. The first-order valence-corrected chi connectivity index (χ1v) is 9.03. The van der Waals surface area contributed by atoms with Crippen LogP contribution < -0.4 is 10.1 Å². The number of ether oxygens (including phenoxy) is 2. The Morgan fingerprint density at radius 3 is 2.50 bits per heavy atom. The number of fused-ring (bicyclic) bond motifs is 1. The first-order chi connectivity index (χ1) is 14.2. The van der Waals surface area contributed by atoms with Crippen molar-refractivity contribution in [3.05, 3.63) is 65.4 Å². The predicted molar refractivity (Wildman–Crippen MR) is 100 cm³/mol. The highest BCUT2D eigenvalue weighted by atomic mass is 19.4. The molecule has 4 nitrogen and oxygen atoms in total. The molecule has 4 rings (SSSR count). The molecule has 0 aliphatic carbocycles. The molecule has 2 heterocycles. The molecule has 30 heavy (non-hydrogen) atoms. The van der Waals surface area contributed by atoms with E-state index in [2.05, 4.69) is 10.3 Å². The zero-order chi connectivity index (χ0) is 21.7. The van der Waals surface area contributed by atoms with Gasteiger partial charge in [0.15, 0.2) is 17.4 Å². The lowest BCUT2D eigenvalue weighted by Crippen LogP contribution is -2.42. The molecule has 1 aliphatic heterocycles. The van der Waals surface area contributed by atoms with Crippen LogP contribution in [-0.4, -0.2) is 30.5 Å². The number of pyridine rings is 1. The van der Waals surface area contributed by atoms with Gasteiger partial charge in [-0.25, -0.2) is 8.78 Å². The fourth-order valence-corrected chi connectivity index (χ4v) is 3.51. The van der Waals surface area contributed by atoms with Crippen molar-refractivity contribution in [1.82, 2.24) is 4.98 Å². The summed E-state index contributed by atoms with van der Waals surface area (Å²) in [6, 6.07) is 8.50. The number of anilines is 1. The molecule has 1 N–H and O–H groups in total. The van der Waals surface area contributed by atoms with E-state index in [0.717, 1.165) is 24.9 Å². The molecule has 2 atom stereocenters. The van der Waals surface area contributed by atoms with Gasteiger partial charge in [0.05, 0.1) is 25.3 Å². The minimum atomic E-state index is -4.79. The Hall–Kier alpha value is -2.94. The first kappa shape index (κ1) is 20.3. The van der Waals surface area contributed by atoms with Gasteiger partial charge in [-0.15, -0.1) is 0 Å². The number of hydrogen-bond acceptors (Lipinski definition) is 4. The second-order valence-corrected chi connectivity index (χ2v) is 7.06. The van der Waals surface area contributed by atoms with Gasteiger partial charge in [0.25, 0.3) is 0 Å². The summed E-state index contributed by atoms with van der Waals surface area (Å²) in [5.74, 6) is -2.99. The van der Waals surface area contributed by atoms with E-state index in [0.29, 0.717) is 16.6 Å². The maximum absolute atomic E-state index is 15.0. The summed E-state index contributed by atoms with van der Waals surface area (Å²) in [4.78, 5) is 4.36. The Kier molecular flexibility index (Phi) is 4.80. The van der Waals surface area contributed by atoms with Crippen molar-refractivity contribution in [3.63, 3.8) is 0 Å². The van der Waals surface area contributed by atoms with Crippen molar-refractivity contribution in [3.8, 4) is 5.75 Å². The van der Waals surface area contributed by atoms with Crippen molar-refractivity contribution < 1.29 is 31.4 Å². The molecule has 1 aromatic heterocycles. The summed E-state index contributed by atoms with van der Waals surface area (Å²) in [5.41, 5.74) is -1.46. The number of halogens is 5. The Morgan fingerprint density at radius 1 is 1.13 bits per heavy atom. The third-order valence-electron chi connectivity index (χ3n) is 5.17. The highest BCUT2D eigenvalue weighted by Gasteiger charge is 2.71. The second-order valence-electron chi connectivity index (χ2n) is 7.06. The quantitative estimate of drug-likeness (QED) is 0.445. The van der Waals surface area contributed by atoms with Gasteiger partial charge < -0.3 is 14.8 Å². The van der Waals surface area contributed by atoms with Gasteiger partial charge in [-0.1, -0.05) is 12.1 Å². The van der Waals surface area contributed by atoms with E-state index >= 15 is 0 Å². The van der Waals surface area contributed by atoms with Gasteiger partial charge in [-0.05, 0) is 37.3 Å². The predicted octanol–water partition coefficient (Wildman–Crippen LogP) is 5.31. The molecule has 2 unspecified atom stereocenters. The number of rotatable bonds is 5. The monoisotopic (exact) mass is 424 g/mol. The summed E-state index contributed by atoms with van der Waals surface area (Å²) in [7, 11) is 1.04. The zero-order valence-electron chi connectivity index (χ0n) is 16.0. The number of aryl methyl sites for hydroxylation is 1. The van der Waals surface area contributed by atoms with Crippen LogP contribution in [0, 0.1) is 18.6 Å². The normalized spacial score (nSPS) is 19.6. The van der Waals surface area contributed by atoms with Crippen LogP contribution >= 0.6 is 0 Å². The summed E-state index contributed by atoms with van der Waals surface area (Å²) in [6.07, 6.45) is -4.79. The minimum absolute atomic E-state index is 0.312. The van der Waals surface area contributed by atoms with Gasteiger partial charge in [0.1, 0.15) is 0 Å². The van der Waals surface area contributed by atoms with Crippen molar-refractivity contribution >= 4 is 16.6 Å². The van der Waals surface area contributed by atoms with E-state index in [-0.39, 0.29) is 0 Å². The average molecular weight is 424 g/mol. The van der Waals surface area contributed by atoms with Crippen LogP contribution in [0.2, 0.25) is 0 Å². The van der Waals surface area contributed by atoms with E-state index < -0.39 is 47.4 Å². The number of nitrogens with one attached hydrogen (secondary N) is 1. The molecule has 9 heteroatoms. The van der Waals surface area contributed by atoms with Crippen molar-refractivity contribution in [2.45, 2.75) is 24.7 Å². The number of hydrogen-bond donors (Lipinski definition) is 1. The topological polar surface area (TPSA) is 46.7 Å². The first-order valence-electron chi connectivity index (χ1n) is 9.03. The molecule has 1 saturated heterocycles. The fourth-order valence-electron chi connectivity index (χ4n) is 3.51. The van der Waals surface area contributed by atoms with Crippen molar-refractivity contribution in [2.24, 2.45) is 0 Å². The number of aromatic nitrogens is 1. The average Bonchev–Trinajstić information content (AvgIpc) is 3.49. The van der Waals surface area contributed by atoms with Gasteiger partial charge in [-0.3, -0.25) is 4.98 Å². The van der Waals surface area contributed by atoms with Crippen molar-refractivity contribution in [2.75, 3.05) is 19.0 Å². The lowest BCUT2D eigenvalue weighted by molar-refractivity contribution is -0.188. The number of benzene rings is 2. The third-order valence-corrected chi connectivity index (χ3v) is 5.17. The van der Waals surface area contributed by atoms with E-state index in [4.69, 9.17) is 9.47 Å². The van der Waals surface area contributed by atoms with Crippen LogP contribution in [0.4, 0.5) is 27.6 Å². The smallest absolute Gasteiger partial charge is 0.422 e. The SMILES string of the molecule is COc1c(F)ccc(C(Nc2cccc3nc(C)ccc23)C2(C(F)(F)F)CO2)c1F. The Labute approximate surface area is 168 Å². The van der Waals surface area contributed by atoms with Crippen LogP contribution in [-0.2, 0) is 4.74 Å². The second kappa shape index (κ2) is 7.09. The summed E-state index contributed by atoms with van der Waals surface area (Å²) in [5, 5.41) is 3.33. The molecule has 0 spiro atoms. The van der Waals surface area contributed by atoms with Crippen LogP contribution in [0.3, 0.4) is 0 Å². The maximum Gasteiger partial charge on any atom is 0.422 e. The fraction of sp³-hybridized carbons (Fsp3) is 0.286. The van der Waals surface area contributed by atoms with Gasteiger partial charge in [0, 0.05) is 22.3 Å². The standard InChI is InChI=1S/C21H17F5N2O2/c1-11-6-7-12-15(27-11)4-3-5-16(12)28-19(20(10-30-20)21(24,25)26)13-8-9-14(22)18(29-2)17(13)23/h3-9,19,28H,10H2,1-2H3. The van der Waals surface area contributed by atoms with Gasteiger partial charge in [0.2, 0.25) is 5.60 Å². The zero-order valence-corrected chi connectivity index (χ0v) is 16.0. The molecular formula is C21H17F5N2O2. The summed E-state index contributed by atoms with van der Waals surface area (Å²) >= 11 is 0. The highest BCUT2D eigenvalue weighted by Crippen LogP contribution is 2.54. The molecule has 0 radical (unpaired) electrons. The number of methoxy groups -OCH3 is 1. The lowest BCUT2D eigenvalue weighted by atomic mass is 9.91. The molecule has 1 aliphatic rings. The summed E-state index contributed by atoms with van der Waals surface area (Å²) < 4.78 is 80.0. The van der Waals surface area contributed by atoms with Crippen molar-refractivity contribution in [1.29, 1.82) is 0 Å². The molecule has 3 aromatic rings. The van der Waals surface area contributed by atoms with E-state index in [1.165, 1.54) is 0 Å². The third kappa shape index (κ3) is 3.23. The van der Waals surface area contributed by atoms with Crippen LogP contribution in [0.1, 0.15) is 17.3 Å². The van der Waals surface area contributed by atoms with Crippen LogP contribution in [0.15, 0.2) is 42.5 Å². The maximum atomic E-state index is 15.0. The van der Waals surface area contributed by atoms with E-state index in [1.54, 1.807) is 37.3 Å². The largest absolute Gasteiger partial charge is 0.491 e. The Bertz CT molecular complexity index is 1110. The molecule has 2 aromatic carbocycles. The Balaban J connectivity index is 1.87. The molecule has 0 bridgehead atoms. The number of alkyl halides is 3. The molecular weight excluding hydrogens is 407 g/mol. The van der Waals surface area contributed by atoms with Gasteiger partial charge in [-0.2, -0.15) is 13.2 Å². The van der Waals surface area contributed by atoms with E-state index in [9.17, 15) is 22.0 Å². The molecule has 158 valence electrons. The number of epoxide rings is 1. The van der Waals surface area contributed by atoms with E-state index in [1.807, 2.05) is 0 Å². The van der Waals surface area contributed by atoms with Crippen LogP contribution in [0.25, 0.3) is 10.9 Å². The molecule has 1 fully saturated rings. The highest BCUT2D eigenvalue weighted by molar-refractivity contribution is 5.91. The molecule has 0 amide bonds.